The third-order valence-electron chi connectivity index (χ3n) is 3.51. The van der Waals surface area contributed by atoms with Crippen LogP contribution in [0.2, 0.25) is 0 Å². The fourth-order valence-electron chi connectivity index (χ4n) is 2.32. The van der Waals surface area contributed by atoms with Gasteiger partial charge in [0.2, 0.25) is 0 Å². The van der Waals surface area contributed by atoms with Crippen molar-refractivity contribution in [2.75, 3.05) is 7.11 Å². The van der Waals surface area contributed by atoms with E-state index in [1.165, 1.54) is 10.4 Å². The van der Waals surface area contributed by atoms with Gasteiger partial charge in [0.25, 0.3) is 0 Å². The smallest absolute Gasteiger partial charge is 0.119 e. The quantitative estimate of drug-likeness (QED) is 0.548. The van der Waals surface area contributed by atoms with Crippen molar-refractivity contribution in [1.29, 1.82) is 0 Å². The lowest BCUT2D eigenvalue weighted by molar-refractivity contribution is 0.413. The van der Waals surface area contributed by atoms with Crippen LogP contribution < -0.4 is 16.0 Å². The second kappa shape index (κ2) is 8.54. The zero-order chi connectivity index (χ0) is 15.1. The minimum absolute atomic E-state index is 0.272. The molecule has 2 rings (SSSR count). The number of aryl methyl sites for hydroxylation is 1. The Balaban J connectivity index is 1.89. The predicted molar refractivity (Wildman–Crippen MR) is 92.8 cm³/mol. The molecule has 1 aromatic heterocycles. The van der Waals surface area contributed by atoms with Gasteiger partial charge in [0.1, 0.15) is 5.75 Å². The summed E-state index contributed by atoms with van der Waals surface area (Å²) in [6.45, 7) is 0. The molecule has 1 unspecified atom stereocenters. The Kier molecular flexibility index (Phi) is 6.70. The van der Waals surface area contributed by atoms with Gasteiger partial charge in [0, 0.05) is 15.4 Å². The van der Waals surface area contributed by atoms with Gasteiger partial charge in [-0.25, -0.2) is 0 Å². The minimum atomic E-state index is 0.272. The number of ether oxygens (including phenoxy) is 1. The van der Waals surface area contributed by atoms with E-state index in [-0.39, 0.29) is 6.04 Å². The van der Waals surface area contributed by atoms with Crippen LogP contribution >= 0.6 is 27.3 Å². The Morgan fingerprint density at radius 3 is 2.90 bits per heavy atom. The van der Waals surface area contributed by atoms with E-state index < -0.39 is 0 Å². The maximum absolute atomic E-state index is 5.71. The average Bonchev–Trinajstić information content (AvgIpc) is 3.01. The molecule has 3 N–H and O–H groups in total. The first kappa shape index (κ1) is 16.5. The molecule has 0 fully saturated rings. The van der Waals surface area contributed by atoms with Crippen LogP contribution in [-0.4, -0.2) is 13.2 Å². The van der Waals surface area contributed by atoms with Crippen molar-refractivity contribution in [3.63, 3.8) is 0 Å². The van der Waals surface area contributed by atoms with Crippen LogP contribution in [0.25, 0.3) is 0 Å². The van der Waals surface area contributed by atoms with Crippen LogP contribution in [0.5, 0.6) is 5.75 Å². The summed E-state index contributed by atoms with van der Waals surface area (Å²) >= 11 is 5.41. The predicted octanol–water partition coefficient (Wildman–Crippen LogP) is 3.92. The molecule has 0 bridgehead atoms. The van der Waals surface area contributed by atoms with Gasteiger partial charge in [0.15, 0.2) is 0 Å². The molecule has 0 amide bonds. The fraction of sp³-hybridized carbons (Fsp3) is 0.375. The SMILES string of the molecule is COc1ccc(Br)c(CC(CCCc2cccs2)NN)c1. The van der Waals surface area contributed by atoms with Crippen LogP contribution in [-0.2, 0) is 12.8 Å². The summed E-state index contributed by atoms with van der Waals surface area (Å²) in [5.41, 5.74) is 4.15. The van der Waals surface area contributed by atoms with Crippen LogP contribution in [0, 0.1) is 0 Å². The third-order valence-corrected chi connectivity index (χ3v) is 5.22. The van der Waals surface area contributed by atoms with Crippen molar-refractivity contribution < 1.29 is 4.74 Å². The van der Waals surface area contributed by atoms with Crippen molar-refractivity contribution in [1.82, 2.24) is 5.43 Å². The molecule has 0 saturated heterocycles. The number of thiophene rings is 1. The molecule has 0 spiro atoms. The molecule has 0 aliphatic heterocycles. The molecule has 0 aliphatic carbocycles. The summed E-state index contributed by atoms with van der Waals surface area (Å²) in [5.74, 6) is 6.58. The summed E-state index contributed by atoms with van der Waals surface area (Å²) in [5, 5.41) is 2.13. The molecule has 2 aromatic rings. The number of nitrogens with one attached hydrogen (secondary N) is 1. The highest BCUT2D eigenvalue weighted by Gasteiger charge is 2.11. The highest BCUT2D eigenvalue weighted by Crippen LogP contribution is 2.24. The van der Waals surface area contributed by atoms with Crippen molar-refractivity contribution >= 4 is 27.3 Å². The molecule has 1 atom stereocenters. The molecule has 0 aliphatic rings. The molecular weight excluding hydrogens is 348 g/mol. The second-order valence-electron chi connectivity index (χ2n) is 5.00. The van der Waals surface area contributed by atoms with Gasteiger partial charge in [0.05, 0.1) is 7.11 Å². The first-order valence-corrected chi connectivity index (χ1v) is 8.71. The number of hydrogen-bond acceptors (Lipinski definition) is 4. The minimum Gasteiger partial charge on any atom is -0.497 e. The van der Waals surface area contributed by atoms with Crippen LogP contribution in [0.1, 0.15) is 23.3 Å². The Hall–Kier alpha value is -0.880. The number of hydrazine groups is 1. The van der Waals surface area contributed by atoms with E-state index in [2.05, 4.69) is 44.9 Å². The highest BCUT2D eigenvalue weighted by atomic mass is 79.9. The lowest BCUT2D eigenvalue weighted by Gasteiger charge is -2.17. The number of methoxy groups -OCH3 is 1. The molecule has 1 heterocycles. The van der Waals surface area contributed by atoms with Crippen molar-refractivity contribution in [3.05, 3.63) is 50.6 Å². The Morgan fingerprint density at radius 1 is 1.38 bits per heavy atom. The van der Waals surface area contributed by atoms with Gasteiger partial charge in [-0.2, -0.15) is 0 Å². The van der Waals surface area contributed by atoms with Crippen molar-refractivity contribution in [2.24, 2.45) is 5.84 Å². The van der Waals surface area contributed by atoms with E-state index in [0.717, 1.165) is 35.9 Å². The van der Waals surface area contributed by atoms with Gasteiger partial charge in [-0.15, -0.1) is 11.3 Å². The summed E-state index contributed by atoms with van der Waals surface area (Å²) in [7, 11) is 1.69. The summed E-state index contributed by atoms with van der Waals surface area (Å²) in [6, 6.07) is 10.6. The number of nitrogens with two attached hydrogens (primary N) is 1. The maximum atomic E-state index is 5.71. The topological polar surface area (TPSA) is 47.3 Å². The maximum Gasteiger partial charge on any atom is 0.119 e. The molecule has 21 heavy (non-hydrogen) atoms. The molecule has 1 aromatic carbocycles. The van der Waals surface area contributed by atoms with Gasteiger partial charge in [-0.1, -0.05) is 22.0 Å². The Labute approximate surface area is 138 Å². The lowest BCUT2D eigenvalue weighted by atomic mass is 10.0. The monoisotopic (exact) mass is 368 g/mol. The van der Waals surface area contributed by atoms with E-state index in [0.29, 0.717) is 0 Å². The summed E-state index contributed by atoms with van der Waals surface area (Å²) in [6.07, 6.45) is 4.20. The zero-order valence-electron chi connectivity index (χ0n) is 12.1. The molecule has 0 radical (unpaired) electrons. The standard InChI is InChI=1S/C16H21BrN2OS/c1-20-14-7-8-16(17)12(11-14)10-13(19-18)4-2-5-15-6-3-9-21-15/h3,6-9,11,13,19H,2,4-5,10,18H2,1H3. The highest BCUT2D eigenvalue weighted by molar-refractivity contribution is 9.10. The first-order valence-electron chi connectivity index (χ1n) is 7.04. The average molecular weight is 369 g/mol. The number of hydrogen-bond donors (Lipinski definition) is 2. The van der Waals surface area contributed by atoms with Gasteiger partial charge in [-0.3, -0.25) is 11.3 Å². The fourth-order valence-corrected chi connectivity index (χ4v) is 3.48. The van der Waals surface area contributed by atoms with E-state index >= 15 is 0 Å². The Bertz CT molecular complexity index is 545. The first-order chi connectivity index (χ1) is 10.2. The molecule has 3 nitrogen and oxygen atoms in total. The van der Waals surface area contributed by atoms with Crippen molar-refractivity contribution in [3.8, 4) is 5.75 Å². The number of halogens is 1. The molecular formula is C16H21BrN2OS. The summed E-state index contributed by atoms with van der Waals surface area (Å²) in [4.78, 5) is 1.44. The van der Waals surface area contributed by atoms with Crippen molar-refractivity contribution in [2.45, 2.75) is 31.7 Å². The van der Waals surface area contributed by atoms with Gasteiger partial charge >= 0.3 is 0 Å². The largest absolute Gasteiger partial charge is 0.497 e. The normalized spacial score (nSPS) is 12.3. The van der Waals surface area contributed by atoms with Gasteiger partial charge in [-0.05, 0) is 60.9 Å². The van der Waals surface area contributed by atoms with E-state index in [4.69, 9.17) is 10.6 Å². The van der Waals surface area contributed by atoms with Crippen LogP contribution in [0.15, 0.2) is 40.2 Å². The van der Waals surface area contributed by atoms with E-state index in [1.54, 1.807) is 7.11 Å². The Morgan fingerprint density at radius 2 is 2.24 bits per heavy atom. The van der Waals surface area contributed by atoms with E-state index in [9.17, 15) is 0 Å². The summed E-state index contributed by atoms with van der Waals surface area (Å²) < 4.78 is 6.38. The third kappa shape index (κ3) is 5.11. The molecule has 114 valence electrons. The lowest BCUT2D eigenvalue weighted by Crippen LogP contribution is -2.36. The van der Waals surface area contributed by atoms with Crippen LogP contribution in [0.4, 0.5) is 0 Å². The zero-order valence-corrected chi connectivity index (χ0v) is 14.5. The number of rotatable bonds is 8. The van der Waals surface area contributed by atoms with Crippen LogP contribution in [0.3, 0.4) is 0 Å². The second-order valence-corrected chi connectivity index (χ2v) is 6.88. The van der Waals surface area contributed by atoms with E-state index in [1.807, 2.05) is 23.5 Å². The molecule has 0 saturated carbocycles. The number of benzene rings is 1. The van der Waals surface area contributed by atoms with Gasteiger partial charge < -0.3 is 4.74 Å². The molecule has 5 heteroatoms.